The lowest BCUT2D eigenvalue weighted by Gasteiger charge is -2.26. The Balaban J connectivity index is 2.84. The first-order chi connectivity index (χ1) is 8.42. The van der Waals surface area contributed by atoms with E-state index in [9.17, 15) is 9.59 Å². The van der Waals surface area contributed by atoms with Crippen molar-refractivity contribution in [2.24, 2.45) is 0 Å². The van der Waals surface area contributed by atoms with Gasteiger partial charge < -0.3 is 14.6 Å². The van der Waals surface area contributed by atoms with Crippen molar-refractivity contribution < 1.29 is 18.8 Å². The van der Waals surface area contributed by atoms with Crippen molar-refractivity contribution in [3.63, 3.8) is 0 Å². The topological polar surface area (TPSA) is 81.4 Å². The zero-order valence-electron chi connectivity index (χ0n) is 11.1. The van der Waals surface area contributed by atoms with Gasteiger partial charge in [0.1, 0.15) is 5.54 Å². The first-order valence-corrected chi connectivity index (χ1v) is 5.77. The second kappa shape index (κ2) is 5.66. The van der Waals surface area contributed by atoms with Gasteiger partial charge in [0.15, 0.2) is 0 Å². The first-order valence-electron chi connectivity index (χ1n) is 5.77. The van der Waals surface area contributed by atoms with Crippen molar-refractivity contribution in [1.82, 2.24) is 10.5 Å². The Labute approximate surface area is 106 Å². The number of aryl methyl sites for hydroxylation is 1. The van der Waals surface area contributed by atoms with E-state index in [1.54, 1.807) is 13.8 Å². The number of hydrogen-bond acceptors (Lipinski definition) is 5. The van der Waals surface area contributed by atoms with Gasteiger partial charge in [-0.1, -0.05) is 18.5 Å². The summed E-state index contributed by atoms with van der Waals surface area (Å²) >= 11 is 0. The quantitative estimate of drug-likeness (QED) is 0.804. The molecule has 1 N–H and O–H groups in total. The molecule has 6 nitrogen and oxygen atoms in total. The second-order valence-electron chi connectivity index (χ2n) is 4.36. The molecule has 1 amide bonds. The van der Waals surface area contributed by atoms with Gasteiger partial charge in [-0.3, -0.25) is 4.79 Å². The highest BCUT2D eigenvalue weighted by atomic mass is 16.5. The minimum atomic E-state index is -1.05. The van der Waals surface area contributed by atoms with Crippen molar-refractivity contribution in [2.75, 3.05) is 7.11 Å². The molecule has 6 heteroatoms. The number of rotatable bonds is 5. The smallest absolute Gasteiger partial charge is 0.331 e. The lowest BCUT2D eigenvalue weighted by Crippen LogP contribution is -2.52. The lowest BCUT2D eigenvalue weighted by atomic mass is 9.96. The third kappa shape index (κ3) is 3.09. The summed E-state index contributed by atoms with van der Waals surface area (Å²) in [6.45, 7) is 5.27. The second-order valence-corrected chi connectivity index (χ2v) is 4.36. The third-order valence-corrected chi connectivity index (χ3v) is 2.63. The molecule has 0 aromatic carbocycles. The standard InChI is InChI=1S/C12H18N2O4/c1-5-6-12(3,11(16)17-4)13-10(15)9-7-8(2)14-18-9/h7H,5-6H2,1-4H3,(H,13,15)/t12-/m0/s1. The molecular formula is C12H18N2O4. The number of nitrogens with zero attached hydrogens (tertiary/aromatic N) is 1. The fourth-order valence-electron chi connectivity index (χ4n) is 1.72. The molecular weight excluding hydrogens is 236 g/mol. The number of carbonyl (C=O) groups is 2. The first kappa shape index (κ1) is 14.2. The average Bonchev–Trinajstić information content (AvgIpc) is 2.75. The SMILES string of the molecule is CCC[C@](C)(NC(=O)c1cc(C)no1)C(=O)OC. The van der Waals surface area contributed by atoms with Crippen LogP contribution in [0.1, 0.15) is 42.9 Å². The molecule has 0 aliphatic carbocycles. The predicted molar refractivity (Wildman–Crippen MR) is 64.0 cm³/mol. The Bertz CT molecular complexity index is 441. The van der Waals surface area contributed by atoms with E-state index in [1.807, 2.05) is 6.92 Å². The van der Waals surface area contributed by atoms with Crippen molar-refractivity contribution in [3.05, 3.63) is 17.5 Å². The van der Waals surface area contributed by atoms with Crippen LogP contribution in [0, 0.1) is 6.92 Å². The maximum atomic E-state index is 11.9. The molecule has 18 heavy (non-hydrogen) atoms. The van der Waals surface area contributed by atoms with E-state index in [0.29, 0.717) is 12.1 Å². The summed E-state index contributed by atoms with van der Waals surface area (Å²) in [6, 6.07) is 1.51. The normalized spacial score (nSPS) is 13.8. The van der Waals surface area contributed by atoms with Gasteiger partial charge in [0.25, 0.3) is 5.91 Å². The Morgan fingerprint density at radius 2 is 2.22 bits per heavy atom. The molecule has 0 radical (unpaired) electrons. The van der Waals surface area contributed by atoms with Gasteiger partial charge in [0.05, 0.1) is 12.8 Å². The van der Waals surface area contributed by atoms with E-state index in [0.717, 1.165) is 6.42 Å². The number of amides is 1. The van der Waals surface area contributed by atoms with Crippen LogP contribution in [0.3, 0.4) is 0 Å². The molecule has 1 atom stereocenters. The van der Waals surface area contributed by atoms with Gasteiger partial charge >= 0.3 is 5.97 Å². The molecule has 0 saturated carbocycles. The number of esters is 1. The minimum absolute atomic E-state index is 0.0822. The van der Waals surface area contributed by atoms with Crippen LogP contribution in [0.25, 0.3) is 0 Å². The van der Waals surface area contributed by atoms with E-state index < -0.39 is 17.4 Å². The molecule has 0 aliphatic heterocycles. The molecule has 1 aromatic heterocycles. The molecule has 1 heterocycles. The van der Waals surface area contributed by atoms with Crippen LogP contribution in [0.2, 0.25) is 0 Å². The number of methoxy groups -OCH3 is 1. The molecule has 0 aliphatic rings. The highest BCUT2D eigenvalue weighted by Gasteiger charge is 2.36. The van der Waals surface area contributed by atoms with Crippen molar-refractivity contribution >= 4 is 11.9 Å². The molecule has 0 spiro atoms. The van der Waals surface area contributed by atoms with E-state index in [1.165, 1.54) is 13.2 Å². The van der Waals surface area contributed by atoms with Gasteiger partial charge in [-0.25, -0.2) is 4.79 Å². The van der Waals surface area contributed by atoms with Crippen LogP contribution in [-0.4, -0.2) is 29.7 Å². The monoisotopic (exact) mass is 254 g/mol. The number of hydrogen-bond donors (Lipinski definition) is 1. The summed E-state index contributed by atoms with van der Waals surface area (Å²) in [5.74, 6) is -0.871. The Hall–Kier alpha value is -1.85. The third-order valence-electron chi connectivity index (χ3n) is 2.63. The van der Waals surface area contributed by atoms with Crippen LogP contribution < -0.4 is 5.32 Å². The molecule has 1 rings (SSSR count). The molecule has 100 valence electrons. The molecule has 0 unspecified atom stereocenters. The summed E-state index contributed by atoms with van der Waals surface area (Å²) < 4.78 is 9.56. The Kier molecular flexibility index (Phi) is 4.47. The molecule has 1 aromatic rings. The Morgan fingerprint density at radius 1 is 1.56 bits per heavy atom. The van der Waals surface area contributed by atoms with Crippen LogP contribution in [0.4, 0.5) is 0 Å². The lowest BCUT2D eigenvalue weighted by molar-refractivity contribution is -0.147. The van der Waals surface area contributed by atoms with Crippen LogP contribution >= 0.6 is 0 Å². The van der Waals surface area contributed by atoms with Crippen molar-refractivity contribution in [3.8, 4) is 0 Å². The molecule has 0 bridgehead atoms. The zero-order valence-corrected chi connectivity index (χ0v) is 11.1. The molecule has 0 fully saturated rings. The van der Waals surface area contributed by atoms with Gasteiger partial charge in [-0.15, -0.1) is 0 Å². The largest absolute Gasteiger partial charge is 0.467 e. The summed E-state index contributed by atoms with van der Waals surface area (Å²) in [7, 11) is 1.29. The van der Waals surface area contributed by atoms with E-state index in [2.05, 4.69) is 10.5 Å². The number of nitrogens with one attached hydrogen (secondary N) is 1. The van der Waals surface area contributed by atoms with Gasteiger partial charge in [0, 0.05) is 6.07 Å². The number of ether oxygens (including phenoxy) is 1. The van der Waals surface area contributed by atoms with Crippen molar-refractivity contribution in [2.45, 2.75) is 39.2 Å². The van der Waals surface area contributed by atoms with Crippen LogP contribution in [0.5, 0.6) is 0 Å². The van der Waals surface area contributed by atoms with Crippen molar-refractivity contribution in [1.29, 1.82) is 0 Å². The minimum Gasteiger partial charge on any atom is -0.467 e. The van der Waals surface area contributed by atoms with Gasteiger partial charge in [0.2, 0.25) is 5.76 Å². The summed E-state index contributed by atoms with van der Waals surface area (Å²) in [4.78, 5) is 23.6. The average molecular weight is 254 g/mol. The molecule has 0 saturated heterocycles. The van der Waals surface area contributed by atoms with E-state index in [4.69, 9.17) is 9.26 Å². The maximum absolute atomic E-state index is 11.9. The fourth-order valence-corrected chi connectivity index (χ4v) is 1.72. The van der Waals surface area contributed by atoms with Gasteiger partial charge in [-0.05, 0) is 20.3 Å². The van der Waals surface area contributed by atoms with E-state index >= 15 is 0 Å². The fraction of sp³-hybridized carbons (Fsp3) is 0.583. The zero-order chi connectivity index (χ0) is 13.8. The number of aromatic nitrogens is 1. The van der Waals surface area contributed by atoms with E-state index in [-0.39, 0.29) is 5.76 Å². The maximum Gasteiger partial charge on any atom is 0.331 e. The summed E-state index contributed by atoms with van der Waals surface area (Å²) in [5.41, 5.74) is -0.447. The summed E-state index contributed by atoms with van der Waals surface area (Å²) in [5, 5.41) is 6.25. The predicted octanol–water partition coefficient (Wildman–Crippen LogP) is 1.44. The van der Waals surface area contributed by atoms with Crippen LogP contribution in [-0.2, 0) is 9.53 Å². The highest BCUT2D eigenvalue weighted by Crippen LogP contribution is 2.15. The Morgan fingerprint density at radius 3 is 2.67 bits per heavy atom. The van der Waals surface area contributed by atoms with Gasteiger partial charge in [-0.2, -0.15) is 0 Å². The number of carbonyl (C=O) groups excluding carboxylic acids is 2. The van der Waals surface area contributed by atoms with Crippen LogP contribution in [0.15, 0.2) is 10.6 Å². The summed E-state index contributed by atoms with van der Waals surface area (Å²) in [6.07, 6.45) is 1.22. The highest BCUT2D eigenvalue weighted by molar-refractivity contribution is 5.95.